The molecule has 0 aliphatic rings. The molecular weight excluding hydrogens is 382 g/mol. The molecule has 1 heterocycles. The first-order valence-electron chi connectivity index (χ1n) is 9.23. The van der Waals surface area contributed by atoms with Crippen LogP contribution in [0.3, 0.4) is 0 Å². The summed E-state index contributed by atoms with van der Waals surface area (Å²) in [5.41, 5.74) is 2.27. The molecule has 3 aromatic rings. The minimum atomic E-state index is -0.534. The lowest BCUT2D eigenvalue weighted by Gasteiger charge is -2.12. The van der Waals surface area contributed by atoms with Gasteiger partial charge in [0.15, 0.2) is 0 Å². The highest BCUT2D eigenvalue weighted by atomic mass is 16.3. The summed E-state index contributed by atoms with van der Waals surface area (Å²) >= 11 is 0. The number of carbonyl (C=O) groups is 3. The van der Waals surface area contributed by atoms with E-state index in [-0.39, 0.29) is 11.6 Å². The van der Waals surface area contributed by atoms with E-state index in [9.17, 15) is 14.4 Å². The van der Waals surface area contributed by atoms with Crippen LogP contribution < -0.4 is 16.0 Å². The van der Waals surface area contributed by atoms with E-state index in [1.165, 1.54) is 19.3 Å². The van der Waals surface area contributed by atoms with Gasteiger partial charge in [0, 0.05) is 29.9 Å². The Morgan fingerprint density at radius 1 is 0.900 bits per heavy atom. The second-order valence-corrected chi connectivity index (χ2v) is 6.56. The van der Waals surface area contributed by atoms with Crippen LogP contribution in [0.15, 0.2) is 77.0 Å². The lowest BCUT2D eigenvalue weighted by atomic mass is 10.1. The molecule has 152 valence electrons. The van der Waals surface area contributed by atoms with Gasteiger partial charge in [-0.3, -0.25) is 14.4 Å². The van der Waals surface area contributed by atoms with Crippen LogP contribution in [0.25, 0.3) is 6.08 Å². The third kappa shape index (κ3) is 5.45. The van der Waals surface area contributed by atoms with Crippen LogP contribution in [0.2, 0.25) is 0 Å². The van der Waals surface area contributed by atoms with Gasteiger partial charge in [-0.1, -0.05) is 24.3 Å². The maximum atomic E-state index is 12.9. The van der Waals surface area contributed by atoms with Crippen molar-refractivity contribution in [3.63, 3.8) is 0 Å². The molecule has 0 aliphatic carbocycles. The zero-order chi connectivity index (χ0) is 21.5. The number of nitrogens with one attached hydrogen (secondary N) is 3. The van der Waals surface area contributed by atoms with Crippen LogP contribution in [-0.4, -0.2) is 17.7 Å². The second-order valence-electron chi connectivity index (χ2n) is 6.56. The molecule has 0 radical (unpaired) electrons. The van der Waals surface area contributed by atoms with E-state index in [4.69, 9.17) is 4.42 Å². The molecule has 30 heavy (non-hydrogen) atoms. The quantitative estimate of drug-likeness (QED) is 0.543. The number of hydrogen-bond acceptors (Lipinski definition) is 4. The molecule has 7 heteroatoms. The van der Waals surface area contributed by atoms with Crippen molar-refractivity contribution in [2.75, 3.05) is 10.6 Å². The summed E-state index contributed by atoms with van der Waals surface area (Å²) in [6.07, 6.45) is 2.92. The van der Waals surface area contributed by atoms with E-state index in [2.05, 4.69) is 16.0 Å². The zero-order valence-electron chi connectivity index (χ0n) is 16.6. The second kappa shape index (κ2) is 9.38. The number of amides is 3. The number of carbonyl (C=O) groups excluding carboxylic acids is 3. The van der Waals surface area contributed by atoms with Crippen LogP contribution in [0.5, 0.6) is 0 Å². The van der Waals surface area contributed by atoms with Gasteiger partial charge in [-0.25, -0.2) is 0 Å². The Hall–Kier alpha value is -4.13. The molecule has 0 spiro atoms. The fourth-order valence-electron chi connectivity index (χ4n) is 2.77. The van der Waals surface area contributed by atoms with Gasteiger partial charge in [-0.15, -0.1) is 0 Å². The van der Waals surface area contributed by atoms with Gasteiger partial charge < -0.3 is 20.4 Å². The number of benzene rings is 2. The van der Waals surface area contributed by atoms with Crippen LogP contribution in [0, 0.1) is 6.92 Å². The van der Waals surface area contributed by atoms with E-state index < -0.39 is 11.8 Å². The van der Waals surface area contributed by atoms with Crippen molar-refractivity contribution in [3.05, 3.63) is 89.5 Å². The van der Waals surface area contributed by atoms with Crippen LogP contribution >= 0.6 is 0 Å². The van der Waals surface area contributed by atoms with E-state index >= 15 is 0 Å². The van der Waals surface area contributed by atoms with Gasteiger partial charge in [-0.2, -0.15) is 0 Å². The van der Waals surface area contributed by atoms with Crippen LogP contribution in [0.4, 0.5) is 11.4 Å². The first kappa shape index (κ1) is 20.6. The smallest absolute Gasteiger partial charge is 0.272 e. The largest absolute Gasteiger partial charge is 0.465 e. The molecule has 0 saturated carbocycles. The third-order valence-electron chi connectivity index (χ3n) is 4.15. The van der Waals surface area contributed by atoms with E-state index in [1.54, 1.807) is 48.5 Å². The highest BCUT2D eigenvalue weighted by Crippen LogP contribution is 2.17. The molecule has 7 nitrogen and oxygen atoms in total. The molecule has 1 aromatic heterocycles. The number of aryl methyl sites for hydroxylation is 1. The normalized spacial score (nSPS) is 10.9. The van der Waals surface area contributed by atoms with Crippen molar-refractivity contribution in [1.29, 1.82) is 0 Å². The van der Waals surface area contributed by atoms with Crippen molar-refractivity contribution < 1.29 is 18.8 Å². The molecule has 0 atom stereocenters. The van der Waals surface area contributed by atoms with Crippen molar-refractivity contribution in [2.24, 2.45) is 0 Å². The summed E-state index contributed by atoms with van der Waals surface area (Å²) in [7, 11) is 0. The topological polar surface area (TPSA) is 100 Å². The molecule has 0 saturated heterocycles. The van der Waals surface area contributed by atoms with E-state index in [0.29, 0.717) is 22.7 Å². The Kier molecular flexibility index (Phi) is 6.44. The minimum absolute atomic E-state index is 0.0168. The summed E-state index contributed by atoms with van der Waals surface area (Å²) in [5, 5.41) is 8.04. The Labute approximate surface area is 173 Å². The first-order valence-corrected chi connectivity index (χ1v) is 9.23. The van der Waals surface area contributed by atoms with E-state index in [1.807, 2.05) is 19.1 Å². The number of hydrogen-bond donors (Lipinski definition) is 3. The summed E-state index contributed by atoms with van der Waals surface area (Å²) < 4.78 is 5.28. The molecule has 0 bridgehead atoms. The average molecular weight is 403 g/mol. The SMILES string of the molecule is CC(=O)Nc1cccc(NC(=O)/C(=C/c2ccco2)NC(=O)c2ccccc2C)c1. The highest BCUT2D eigenvalue weighted by Gasteiger charge is 2.17. The number of rotatable bonds is 6. The maximum Gasteiger partial charge on any atom is 0.272 e. The summed E-state index contributed by atoms with van der Waals surface area (Å²) in [5.74, 6) is -0.749. The Morgan fingerprint density at radius 3 is 2.30 bits per heavy atom. The zero-order valence-corrected chi connectivity index (χ0v) is 16.6. The summed E-state index contributed by atoms with van der Waals surface area (Å²) in [6, 6.07) is 17.1. The van der Waals surface area contributed by atoms with Crippen molar-refractivity contribution in [1.82, 2.24) is 5.32 Å². The minimum Gasteiger partial charge on any atom is -0.465 e. The van der Waals surface area contributed by atoms with Gasteiger partial charge >= 0.3 is 0 Å². The predicted octanol–water partition coefficient (Wildman–Crippen LogP) is 3.96. The first-order chi connectivity index (χ1) is 14.4. The monoisotopic (exact) mass is 403 g/mol. The molecule has 2 aromatic carbocycles. The van der Waals surface area contributed by atoms with Gasteiger partial charge in [0.1, 0.15) is 11.5 Å². The van der Waals surface area contributed by atoms with Gasteiger partial charge in [0.2, 0.25) is 5.91 Å². The molecule has 3 amide bonds. The molecular formula is C23H21N3O4. The molecule has 0 unspecified atom stereocenters. The summed E-state index contributed by atoms with van der Waals surface area (Å²) in [4.78, 5) is 36.9. The molecule has 3 rings (SSSR count). The Bertz CT molecular complexity index is 1100. The molecule has 0 fully saturated rings. The maximum absolute atomic E-state index is 12.9. The fraction of sp³-hybridized carbons (Fsp3) is 0.0870. The standard InChI is InChI=1S/C23H21N3O4/c1-15-7-3-4-11-20(15)22(28)26-21(14-19-10-6-12-30-19)23(29)25-18-9-5-8-17(13-18)24-16(2)27/h3-14H,1-2H3,(H,24,27)(H,25,29)(H,26,28)/b21-14-. The molecule has 0 aliphatic heterocycles. The van der Waals surface area contributed by atoms with Gasteiger partial charge in [0.05, 0.1) is 6.26 Å². The van der Waals surface area contributed by atoms with Gasteiger partial charge in [0.25, 0.3) is 11.8 Å². The lowest BCUT2D eigenvalue weighted by Crippen LogP contribution is -2.31. The number of furan rings is 1. The van der Waals surface area contributed by atoms with Gasteiger partial charge in [-0.05, 0) is 48.9 Å². The Balaban J connectivity index is 1.84. The van der Waals surface area contributed by atoms with Crippen LogP contribution in [-0.2, 0) is 9.59 Å². The van der Waals surface area contributed by atoms with E-state index in [0.717, 1.165) is 5.56 Å². The van der Waals surface area contributed by atoms with Crippen molar-refractivity contribution >= 4 is 35.2 Å². The Morgan fingerprint density at radius 2 is 1.63 bits per heavy atom. The highest BCUT2D eigenvalue weighted by molar-refractivity contribution is 6.11. The predicted molar refractivity (Wildman–Crippen MR) is 115 cm³/mol. The summed E-state index contributed by atoms with van der Waals surface area (Å²) in [6.45, 7) is 3.22. The van der Waals surface area contributed by atoms with Crippen molar-refractivity contribution in [3.8, 4) is 0 Å². The lowest BCUT2D eigenvalue weighted by molar-refractivity contribution is -0.114. The van der Waals surface area contributed by atoms with Crippen molar-refractivity contribution in [2.45, 2.75) is 13.8 Å². The van der Waals surface area contributed by atoms with Crippen LogP contribution in [0.1, 0.15) is 28.6 Å². The number of anilines is 2. The molecule has 3 N–H and O–H groups in total. The average Bonchev–Trinajstić information content (AvgIpc) is 3.20. The fourth-order valence-corrected chi connectivity index (χ4v) is 2.77. The third-order valence-corrected chi connectivity index (χ3v) is 4.15.